The van der Waals surface area contributed by atoms with E-state index in [0.29, 0.717) is 23.0 Å². The topological polar surface area (TPSA) is 67.5 Å². The van der Waals surface area contributed by atoms with E-state index in [9.17, 15) is 5.26 Å². The molecule has 4 rings (SSSR count). The number of ether oxygens (including phenoxy) is 2. The zero-order chi connectivity index (χ0) is 20.4. The number of allylic oxidation sites excluding steroid dienone is 1. The summed E-state index contributed by atoms with van der Waals surface area (Å²) in [6, 6.07) is 17.7. The Hall–Kier alpha value is -3.36. The highest BCUT2D eigenvalue weighted by Gasteiger charge is 2.33. The van der Waals surface area contributed by atoms with Crippen LogP contribution in [0.4, 0.5) is 0 Å². The molecule has 0 saturated heterocycles. The molecule has 2 aromatic carbocycles. The summed E-state index contributed by atoms with van der Waals surface area (Å²) in [6.45, 7) is 4.27. The molecule has 3 aromatic rings. The minimum Gasteiger partial charge on any atom is -0.483 e. The van der Waals surface area contributed by atoms with Crippen LogP contribution in [-0.2, 0) is 4.74 Å². The van der Waals surface area contributed by atoms with Crippen LogP contribution >= 0.6 is 11.6 Å². The Morgan fingerprint density at radius 3 is 2.69 bits per heavy atom. The predicted molar refractivity (Wildman–Crippen MR) is 113 cm³/mol. The van der Waals surface area contributed by atoms with Gasteiger partial charge in [0.25, 0.3) is 0 Å². The van der Waals surface area contributed by atoms with Crippen molar-refractivity contribution in [2.75, 3.05) is 6.61 Å². The van der Waals surface area contributed by atoms with Crippen molar-refractivity contribution >= 4 is 28.9 Å². The summed E-state index contributed by atoms with van der Waals surface area (Å²) in [5, 5.41) is 11.5. The number of hydrogen-bond donors (Lipinski definition) is 0. The summed E-state index contributed by atoms with van der Waals surface area (Å²) in [7, 11) is 0. The molecule has 0 amide bonds. The molecule has 1 atom stereocenters. The van der Waals surface area contributed by atoms with Crippen molar-refractivity contribution in [1.82, 2.24) is 4.98 Å². The minimum absolute atomic E-state index is 0.212. The first-order valence-electron chi connectivity index (χ1n) is 9.24. The van der Waals surface area contributed by atoms with Crippen LogP contribution in [0.1, 0.15) is 29.7 Å². The van der Waals surface area contributed by atoms with E-state index in [1.807, 2.05) is 62.4 Å². The maximum Gasteiger partial charge on any atom is 0.236 e. The number of hydrogen-bond acceptors (Lipinski definition) is 5. The Balaban J connectivity index is 1.98. The molecule has 144 valence electrons. The standard InChI is InChI=1S/C23H18ClN3O2/c1-3-28-13-26-23-19(12-25)20(15-6-9-17(24)10-7-15)18-11-8-16-5-4-14(2)27-21(16)22(18)29-23/h4-11,13,20H,3H2,1-2H3/b26-13+. The van der Waals surface area contributed by atoms with Crippen LogP contribution in [0, 0.1) is 18.3 Å². The van der Waals surface area contributed by atoms with Crippen molar-refractivity contribution in [1.29, 1.82) is 5.26 Å². The van der Waals surface area contributed by atoms with Crippen LogP contribution in [0.15, 0.2) is 65.0 Å². The second-order valence-corrected chi connectivity index (χ2v) is 7.05. The monoisotopic (exact) mass is 403 g/mol. The number of aryl methyl sites for hydroxylation is 1. The van der Waals surface area contributed by atoms with Gasteiger partial charge in [0.05, 0.1) is 12.5 Å². The third-order valence-corrected chi connectivity index (χ3v) is 5.00. The van der Waals surface area contributed by atoms with E-state index < -0.39 is 0 Å². The van der Waals surface area contributed by atoms with E-state index in [4.69, 9.17) is 21.1 Å². The van der Waals surface area contributed by atoms with Crippen LogP contribution in [-0.4, -0.2) is 18.0 Å². The first-order chi connectivity index (χ1) is 14.1. The molecule has 0 spiro atoms. The molecule has 0 saturated carbocycles. The lowest BCUT2D eigenvalue weighted by Gasteiger charge is -2.27. The smallest absolute Gasteiger partial charge is 0.236 e. The van der Waals surface area contributed by atoms with E-state index in [0.717, 1.165) is 27.7 Å². The highest BCUT2D eigenvalue weighted by atomic mass is 35.5. The Labute approximate surface area is 173 Å². The molecular formula is C23H18ClN3O2. The third kappa shape index (κ3) is 3.55. The van der Waals surface area contributed by atoms with Gasteiger partial charge in [-0.05, 0) is 37.6 Å². The van der Waals surface area contributed by atoms with Crippen molar-refractivity contribution in [2.45, 2.75) is 19.8 Å². The molecular weight excluding hydrogens is 386 g/mol. The first kappa shape index (κ1) is 19.0. The molecule has 6 heteroatoms. The van der Waals surface area contributed by atoms with Gasteiger partial charge in [-0.2, -0.15) is 10.3 Å². The second kappa shape index (κ2) is 7.94. The van der Waals surface area contributed by atoms with E-state index in [1.165, 1.54) is 6.40 Å². The molecule has 1 unspecified atom stereocenters. The predicted octanol–water partition coefficient (Wildman–Crippen LogP) is 5.52. The molecule has 0 fully saturated rings. The average molecular weight is 404 g/mol. The summed E-state index contributed by atoms with van der Waals surface area (Å²) >= 11 is 6.08. The highest BCUT2D eigenvalue weighted by molar-refractivity contribution is 6.30. The fraction of sp³-hybridized carbons (Fsp3) is 0.174. The van der Waals surface area contributed by atoms with Crippen LogP contribution in [0.5, 0.6) is 5.75 Å². The van der Waals surface area contributed by atoms with Crippen molar-refractivity contribution in [2.24, 2.45) is 4.99 Å². The van der Waals surface area contributed by atoms with Crippen LogP contribution in [0.3, 0.4) is 0 Å². The molecule has 0 aliphatic carbocycles. The summed E-state index contributed by atoms with van der Waals surface area (Å²) < 4.78 is 11.3. The van der Waals surface area contributed by atoms with Crippen molar-refractivity contribution in [3.63, 3.8) is 0 Å². The number of aromatic nitrogens is 1. The lowest BCUT2D eigenvalue weighted by molar-refractivity contribution is 0.336. The molecule has 1 aromatic heterocycles. The molecule has 1 aliphatic heterocycles. The van der Waals surface area contributed by atoms with Crippen molar-refractivity contribution < 1.29 is 9.47 Å². The van der Waals surface area contributed by atoms with Gasteiger partial charge in [0.2, 0.25) is 5.88 Å². The largest absolute Gasteiger partial charge is 0.483 e. The van der Waals surface area contributed by atoms with Gasteiger partial charge in [-0.3, -0.25) is 0 Å². The number of benzene rings is 2. The van der Waals surface area contributed by atoms with Crippen molar-refractivity contribution in [3.05, 3.63) is 81.8 Å². The Kier molecular flexibility index (Phi) is 5.20. The second-order valence-electron chi connectivity index (χ2n) is 6.62. The van der Waals surface area contributed by atoms with Crippen molar-refractivity contribution in [3.8, 4) is 11.8 Å². The zero-order valence-electron chi connectivity index (χ0n) is 16.0. The van der Waals surface area contributed by atoms with E-state index in [-0.39, 0.29) is 11.8 Å². The molecule has 1 aliphatic rings. The molecule has 5 nitrogen and oxygen atoms in total. The SMILES string of the molecule is CCO/C=N/C1=C(C#N)C(c2ccc(Cl)cc2)c2ccc3ccc(C)nc3c2O1. The summed E-state index contributed by atoms with van der Waals surface area (Å²) in [6.07, 6.45) is 1.31. The molecule has 0 bridgehead atoms. The number of fused-ring (bicyclic) bond motifs is 3. The zero-order valence-corrected chi connectivity index (χ0v) is 16.8. The number of halogens is 1. The maximum absolute atomic E-state index is 9.94. The average Bonchev–Trinajstić information content (AvgIpc) is 2.73. The molecule has 2 heterocycles. The number of aliphatic imine (C=N–C) groups is 1. The van der Waals surface area contributed by atoms with Crippen LogP contribution in [0.2, 0.25) is 5.02 Å². The first-order valence-corrected chi connectivity index (χ1v) is 9.62. The van der Waals surface area contributed by atoms with Gasteiger partial charge in [0.15, 0.2) is 12.2 Å². The minimum atomic E-state index is -0.346. The van der Waals surface area contributed by atoms with Gasteiger partial charge in [0.1, 0.15) is 17.2 Å². The van der Waals surface area contributed by atoms with Gasteiger partial charge in [0, 0.05) is 21.7 Å². The Bertz CT molecular complexity index is 1180. The fourth-order valence-corrected chi connectivity index (χ4v) is 3.54. The summed E-state index contributed by atoms with van der Waals surface area (Å²) in [5.41, 5.74) is 3.81. The maximum atomic E-state index is 9.94. The Morgan fingerprint density at radius 2 is 1.97 bits per heavy atom. The van der Waals surface area contributed by atoms with Crippen LogP contribution < -0.4 is 4.74 Å². The number of nitrogens with zero attached hydrogens (tertiary/aromatic N) is 3. The number of nitriles is 1. The van der Waals surface area contributed by atoms with E-state index in [2.05, 4.69) is 16.0 Å². The molecule has 0 N–H and O–H groups in total. The normalized spacial score (nSPS) is 15.9. The van der Waals surface area contributed by atoms with E-state index >= 15 is 0 Å². The van der Waals surface area contributed by atoms with Gasteiger partial charge >= 0.3 is 0 Å². The van der Waals surface area contributed by atoms with Gasteiger partial charge < -0.3 is 9.47 Å². The molecule has 29 heavy (non-hydrogen) atoms. The fourth-order valence-electron chi connectivity index (χ4n) is 3.41. The van der Waals surface area contributed by atoms with Crippen LogP contribution in [0.25, 0.3) is 10.9 Å². The summed E-state index contributed by atoms with van der Waals surface area (Å²) in [5.74, 6) is 0.472. The van der Waals surface area contributed by atoms with Gasteiger partial charge in [-0.1, -0.05) is 41.9 Å². The highest BCUT2D eigenvalue weighted by Crippen LogP contribution is 2.46. The van der Waals surface area contributed by atoms with E-state index in [1.54, 1.807) is 0 Å². The summed E-state index contributed by atoms with van der Waals surface area (Å²) in [4.78, 5) is 8.96. The van der Waals surface area contributed by atoms with Gasteiger partial charge in [-0.15, -0.1) is 0 Å². The van der Waals surface area contributed by atoms with Gasteiger partial charge in [-0.25, -0.2) is 4.98 Å². The lowest BCUT2D eigenvalue weighted by atomic mass is 9.83. The molecule has 0 radical (unpaired) electrons. The quantitative estimate of drug-likeness (QED) is 0.424. The lowest BCUT2D eigenvalue weighted by Crippen LogP contribution is -2.16. The number of pyridine rings is 1. The number of rotatable bonds is 4. The Morgan fingerprint density at radius 1 is 1.21 bits per heavy atom. The third-order valence-electron chi connectivity index (χ3n) is 4.75.